The number of nitrogens with zero attached hydrogens (tertiary/aromatic N) is 5. The van der Waals surface area contributed by atoms with Crippen LogP contribution >= 0.6 is 0 Å². The summed E-state index contributed by atoms with van der Waals surface area (Å²) in [5, 5.41) is 11.0. The highest BCUT2D eigenvalue weighted by Crippen LogP contribution is 2.12. The lowest BCUT2D eigenvalue weighted by Crippen LogP contribution is -2.51. The summed E-state index contributed by atoms with van der Waals surface area (Å²) in [7, 11) is 5.35. The van der Waals surface area contributed by atoms with Crippen molar-refractivity contribution in [2.45, 2.75) is 45.7 Å². The Labute approximate surface area is 178 Å². The van der Waals surface area contributed by atoms with Crippen LogP contribution in [-0.4, -0.2) is 83.9 Å². The van der Waals surface area contributed by atoms with Crippen LogP contribution in [0.5, 0.6) is 0 Å². The molecule has 0 atom stereocenters. The highest BCUT2D eigenvalue weighted by Gasteiger charge is 2.24. The Bertz CT molecular complexity index is 737. The molecule has 10 nitrogen and oxygen atoms in total. The summed E-state index contributed by atoms with van der Waals surface area (Å²) < 4.78 is 6.87. The smallest absolute Gasteiger partial charge is 0.409 e. The lowest BCUT2D eigenvalue weighted by molar-refractivity contribution is -0.127. The minimum absolute atomic E-state index is 0.0303. The molecule has 2 amide bonds. The Morgan fingerprint density at radius 2 is 2.00 bits per heavy atom. The summed E-state index contributed by atoms with van der Waals surface area (Å²) in [5.41, 5.74) is 2.09. The van der Waals surface area contributed by atoms with Gasteiger partial charge in [0.15, 0.2) is 5.96 Å². The predicted molar refractivity (Wildman–Crippen MR) is 115 cm³/mol. The molecule has 1 aromatic rings. The molecular weight excluding hydrogens is 386 g/mol. The van der Waals surface area contributed by atoms with Crippen molar-refractivity contribution in [3.8, 4) is 0 Å². The normalized spacial score (nSPS) is 15.1. The first-order valence-electron chi connectivity index (χ1n) is 10.5. The van der Waals surface area contributed by atoms with Crippen LogP contribution in [-0.2, 0) is 29.5 Å². The molecule has 30 heavy (non-hydrogen) atoms. The number of hydrogen-bond acceptors (Lipinski definition) is 5. The van der Waals surface area contributed by atoms with Gasteiger partial charge in [-0.05, 0) is 26.2 Å². The Morgan fingerprint density at radius 3 is 2.60 bits per heavy atom. The minimum atomic E-state index is -0.261. The third-order valence-electron chi connectivity index (χ3n) is 5.00. The standard InChI is InChI=1S/C20H35N7O3/c1-6-17-15(14-26(5)24-17)12-21-19(22-13-18(28)25(3)4)23-16-8-10-27(11-9-16)20(29)30-7-2/h14,16H,6-13H2,1-5H3,(H2,21,22,23). The van der Waals surface area contributed by atoms with Gasteiger partial charge in [-0.2, -0.15) is 5.10 Å². The molecule has 2 rings (SSSR count). The molecule has 1 aliphatic heterocycles. The van der Waals surface area contributed by atoms with E-state index in [2.05, 4.69) is 27.6 Å². The van der Waals surface area contributed by atoms with Crippen LogP contribution < -0.4 is 10.6 Å². The summed E-state index contributed by atoms with van der Waals surface area (Å²) in [6.45, 7) is 6.15. The molecule has 0 spiro atoms. The van der Waals surface area contributed by atoms with Crippen LogP contribution in [0, 0.1) is 0 Å². The highest BCUT2D eigenvalue weighted by atomic mass is 16.6. The average molecular weight is 422 g/mol. The van der Waals surface area contributed by atoms with Crippen molar-refractivity contribution in [2.75, 3.05) is 40.3 Å². The van der Waals surface area contributed by atoms with Gasteiger partial charge in [-0.15, -0.1) is 0 Å². The van der Waals surface area contributed by atoms with E-state index in [1.54, 1.807) is 28.6 Å². The number of rotatable bonds is 7. The zero-order valence-electron chi connectivity index (χ0n) is 18.8. The fraction of sp³-hybridized carbons (Fsp3) is 0.700. The van der Waals surface area contributed by atoms with E-state index in [1.807, 2.05) is 20.2 Å². The molecule has 0 radical (unpaired) electrons. The summed E-state index contributed by atoms with van der Waals surface area (Å²) in [4.78, 5) is 31.9. The van der Waals surface area contributed by atoms with Gasteiger partial charge in [-0.3, -0.25) is 9.48 Å². The summed E-state index contributed by atoms with van der Waals surface area (Å²) in [6, 6.07) is 0.163. The monoisotopic (exact) mass is 421 g/mol. The van der Waals surface area contributed by atoms with E-state index in [0.717, 1.165) is 30.5 Å². The number of likely N-dealkylation sites (N-methyl/N-ethyl adjacent to an activating group) is 1. The number of nitrogens with one attached hydrogen (secondary N) is 2. The molecule has 1 aromatic heterocycles. The van der Waals surface area contributed by atoms with Crippen LogP contribution in [0.1, 0.15) is 37.9 Å². The molecule has 0 unspecified atom stereocenters. The van der Waals surface area contributed by atoms with E-state index in [1.165, 1.54) is 0 Å². The number of ether oxygens (including phenoxy) is 1. The van der Waals surface area contributed by atoms with Gasteiger partial charge in [0.05, 0.1) is 25.4 Å². The van der Waals surface area contributed by atoms with Crippen molar-refractivity contribution in [1.29, 1.82) is 0 Å². The first kappa shape index (κ1) is 23.5. The predicted octanol–water partition coefficient (Wildman–Crippen LogP) is 0.727. The lowest BCUT2D eigenvalue weighted by Gasteiger charge is -2.32. The molecule has 2 N–H and O–H groups in total. The number of aromatic nitrogens is 2. The van der Waals surface area contributed by atoms with Gasteiger partial charge in [-0.1, -0.05) is 6.92 Å². The second kappa shape index (κ2) is 11.4. The van der Waals surface area contributed by atoms with E-state index in [-0.39, 0.29) is 24.6 Å². The van der Waals surface area contributed by atoms with E-state index in [4.69, 9.17) is 4.74 Å². The van der Waals surface area contributed by atoms with Crippen LogP contribution in [0.15, 0.2) is 11.2 Å². The van der Waals surface area contributed by atoms with Crippen molar-refractivity contribution in [1.82, 2.24) is 30.2 Å². The first-order chi connectivity index (χ1) is 14.3. The van der Waals surface area contributed by atoms with Crippen molar-refractivity contribution in [3.63, 3.8) is 0 Å². The molecule has 10 heteroatoms. The minimum Gasteiger partial charge on any atom is -0.450 e. The number of amides is 2. The van der Waals surface area contributed by atoms with Gasteiger partial charge in [0, 0.05) is 52.0 Å². The van der Waals surface area contributed by atoms with Crippen LogP contribution in [0.4, 0.5) is 4.79 Å². The summed E-state index contributed by atoms with van der Waals surface area (Å²) in [5.74, 6) is 0.558. The Balaban J connectivity index is 2.01. The molecule has 168 valence electrons. The topological polar surface area (TPSA) is 104 Å². The molecule has 0 aromatic carbocycles. The van der Waals surface area contributed by atoms with E-state index >= 15 is 0 Å². The summed E-state index contributed by atoms with van der Waals surface area (Å²) >= 11 is 0. The van der Waals surface area contributed by atoms with Crippen molar-refractivity contribution in [3.05, 3.63) is 17.5 Å². The number of guanidine groups is 1. The number of hydrogen-bond donors (Lipinski definition) is 2. The molecular formula is C20H35N7O3. The quantitative estimate of drug-likeness (QED) is 0.497. The van der Waals surface area contributed by atoms with Gasteiger partial charge in [-0.25, -0.2) is 9.79 Å². The molecule has 0 saturated carbocycles. The molecule has 1 aliphatic rings. The maximum absolute atomic E-state index is 12.0. The fourth-order valence-electron chi connectivity index (χ4n) is 3.26. The maximum Gasteiger partial charge on any atom is 0.409 e. The van der Waals surface area contributed by atoms with Crippen LogP contribution in [0.3, 0.4) is 0 Å². The second-order valence-corrected chi connectivity index (χ2v) is 7.54. The molecule has 1 fully saturated rings. The third kappa shape index (κ3) is 6.93. The fourth-order valence-corrected chi connectivity index (χ4v) is 3.26. The molecule has 0 bridgehead atoms. The average Bonchev–Trinajstić information content (AvgIpc) is 3.09. The third-order valence-corrected chi connectivity index (χ3v) is 5.00. The van der Waals surface area contributed by atoms with Crippen LogP contribution in [0.2, 0.25) is 0 Å². The van der Waals surface area contributed by atoms with Crippen molar-refractivity contribution < 1.29 is 14.3 Å². The number of aliphatic imine (C=N–C) groups is 1. The molecule has 0 aliphatic carbocycles. The highest BCUT2D eigenvalue weighted by molar-refractivity contribution is 5.86. The number of likely N-dealkylation sites (tertiary alicyclic amines) is 1. The van der Waals surface area contributed by atoms with E-state index in [9.17, 15) is 9.59 Å². The second-order valence-electron chi connectivity index (χ2n) is 7.54. The molecule has 2 heterocycles. The van der Waals surface area contributed by atoms with Gasteiger partial charge in [0.25, 0.3) is 0 Å². The summed E-state index contributed by atoms with van der Waals surface area (Å²) in [6.07, 6.45) is 4.13. The van der Waals surface area contributed by atoms with Gasteiger partial charge in [0.1, 0.15) is 0 Å². The number of piperidine rings is 1. The van der Waals surface area contributed by atoms with Gasteiger partial charge >= 0.3 is 6.09 Å². The van der Waals surface area contributed by atoms with Crippen molar-refractivity contribution >= 4 is 18.0 Å². The number of carbonyl (C=O) groups is 2. The van der Waals surface area contributed by atoms with E-state index < -0.39 is 0 Å². The van der Waals surface area contributed by atoms with Gasteiger partial charge < -0.3 is 25.2 Å². The van der Waals surface area contributed by atoms with E-state index in [0.29, 0.717) is 32.2 Å². The van der Waals surface area contributed by atoms with Gasteiger partial charge in [0.2, 0.25) is 5.91 Å². The number of carbonyl (C=O) groups excluding carboxylic acids is 2. The SMILES string of the molecule is CCOC(=O)N1CCC(NC(=NCc2cn(C)nc2CC)NCC(=O)N(C)C)CC1. The zero-order valence-corrected chi connectivity index (χ0v) is 18.8. The van der Waals surface area contributed by atoms with Crippen molar-refractivity contribution in [2.24, 2.45) is 12.0 Å². The van der Waals surface area contributed by atoms with Crippen LogP contribution in [0.25, 0.3) is 0 Å². The Hall–Kier alpha value is -2.78. The number of aryl methyl sites for hydroxylation is 2. The zero-order chi connectivity index (χ0) is 22.1. The molecule has 1 saturated heterocycles. The Kier molecular flexibility index (Phi) is 8.94. The Morgan fingerprint density at radius 1 is 1.30 bits per heavy atom. The largest absolute Gasteiger partial charge is 0.450 e. The first-order valence-corrected chi connectivity index (χ1v) is 10.5. The maximum atomic E-state index is 12.0. The lowest BCUT2D eigenvalue weighted by atomic mass is 10.1.